The zero-order valence-corrected chi connectivity index (χ0v) is 18.5. The number of aliphatic hydroxyl groups is 2. The molecule has 4 rings (SSSR count). The third kappa shape index (κ3) is 5.98. The Morgan fingerprint density at radius 1 is 1.00 bits per heavy atom. The predicted octanol–water partition coefficient (Wildman–Crippen LogP) is 0.632. The van der Waals surface area contributed by atoms with E-state index < -0.39 is 24.1 Å². The molecule has 0 radical (unpaired) electrons. The van der Waals surface area contributed by atoms with Crippen molar-refractivity contribution in [1.82, 2.24) is 9.88 Å². The monoisotopic (exact) mass is 459 g/mol. The van der Waals surface area contributed by atoms with Gasteiger partial charge in [0.2, 0.25) is 0 Å². The Labute approximate surface area is 191 Å². The lowest BCUT2D eigenvalue weighted by Crippen LogP contribution is -2.39. The van der Waals surface area contributed by atoms with Crippen LogP contribution in [0.25, 0.3) is 11.3 Å². The van der Waals surface area contributed by atoms with Crippen LogP contribution in [0.2, 0.25) is 0 Å². The minimum atomic E-state index is -2.27. The van der Waals surface area contributed by atoms with Gasteiger partial charge < -0.3 is 35.0 Å². The van der Waals surface area contributed by atoms with Gasteiger partial charge in [-0.3, -0.25) is 4.98 Å². The Morgan fingerprint density at radius 3 is 2.09 bits per heavy atom. The number of hydrogen-bond acceptors (Lipinski definition) is 8. The molecule has 2 fully saturated rings. The number of likely N-dealkylation sites (tertiary alicyclic amines) is 1. The maximum atomic E-state index is 9.77. The van der Waals surface area contributed by atoms with Crippen molar-refractivity contribution in [3.8, 4) is 17.0 Å². The van der Waals surface area contributed by atoms with Crippen LogP contribution in [0.15, 0.2) is 42.6 Å². The summed E-state index contributed by atoms with van der Waals surface area (Å²) in [6, 6.07) is 12.4. The van der Waals surface area contributed by atoms with Gasteiger partial charge in [-0.1, -0.05) is 12.1 Å². The van der Waals surface area contributed by atoms with Gasteiger partial charge in [-0.25, -0.2) is 9.59 Å². The first kappa shape index (κ1) is 24.4. The average Bonchev–Trinajstić information content (AvgIpc) is 3.36. The summed E-state index contributed by atoms with van der Waals surface area (Å²) < 4.78 is 5.29. The topological polar surface area (TPSA) is 144 Å². The number of aliphatic hydroxyl groups excluding tert-OH is 2. The van der Waals surface area contributed by atoms with Crippen LogP contribution >= 0.6 is 0 Å². The highest BCUT2D eigenvalue weighted by Crippen LogP contribution is 2.33. The van der Waals surface area contributed by atoms with Gasteiger partial charge in [-0.05, 0) is 43.1 Å². The Hall–Kier alpha value is -3.21. The van der Waals surface area contributed by atoms with Crippen LogP contribution in [0.5, 0.6) is 5.75 Å². The Morgan fingerprint density at radius 2 is 1.61 bits per heavy atom. The molecule has 4 atom stereocenters. The highest BCUT2D eigenvalue weighted by atomic mass is 16.5. The minimum absolute atomic E-state index is 0.818. The molecule has 1 aromatic heterocycles. The summed E-state index contributed by atoms with van der Waals surface area (Å²) in [4.78, 5) is 29.2. The molecule has 0 bridgehead atoms. The van der Waals surface area contributed by atoms with E-state index in [1.807, 2.05) is 24.4 Å². The highest BCUT2D eigenvalue weighted by Gasteiger charge is 2.38. The molecule has 1 aromatic carbocycles. The molecule has 0 spiro atoms. The lowest BCUT2D eigenvalue weighted by molar-refractivity contribution is -0.165. The SMILES string of the molecule is COc1cccc(-c2ccc(N3C[C@H]4CN(C)C[C@H]4C3)cn2)c1.O=C(O)C(O)C(O)C(=O)O. The first-order valence-corrected chi connectivity index (χ1v) is 10.5. The fourth-order valence-corrected chi connectivity index (χ4v) is 4.23. The van der Waals surface area contributed by atoms with E-state index >= 15 is 0 Å². The standard InChI is InChI=1S/C19H23N3O.C4H6O6/c1-21-10-15-12-22(13-16(15)11-21)17-6-7-19(20-9-17)14-4-3-5-18(8-14)23-2;5-1(3(7)8)2(6)4(9)10/h3-9,15-16H,10-13H2,1-2H3;1-2,5-6H,(H,7,8)(H,9,10)/t15-,16+;. The fourth-order valence-electron chi connectivity index (χ4n) is 4.23. The largest absolute Gasteiger partial charge is 0.497 e. The van der Waals surface area contributed by atoms with Crippen molar-refractivity contribution in [2.75, 3.05) is 45.2 Å². The van der Waals surface area contributed by atoms with Crippen LogP contribution in [0.1, 0.15) is 0 Å². The highest BCUT2D eigenvalue weighted by molar-refractivity contribution is 5.83. The Bertz CT molecular complexity index is 937. The van der Waals surface area contributed by atoms with Crippen molar-refractivity contribution >= 4 is 17.6 Å². The molecular weight excluding hydrogens is 430 g/mol. The van der Waals surface area contributed by atoms with Gasteiger partial charge in [0.25, 0.3) is 0 Å². The number of anilines is 1. The molecular formula is C23H29N3O7. The van der Waals surface area contributed by atoms with Gasteiger partial charge in [-0.15, -0.1) is 0 Å². The number of aliphatic carboxylic acids is 2. The number of rotatable bonds is 6. The Kier molecular flexibility index (Phi) is 7.85. The molecule has 2 saturated heterocycles. The molecule has 2 aromatic rings. The number of carboxylic acids is 2. The zero-order chi connectivity index (χ0) is 24.1. The third-order valence-corrected chi connectivity index (χ3v) is 5.95. The number of aromatic nitrogens is 1. The van der Waals surface area contributed by atoms with Crippen molar-refractivity contribution < 1.29 is 34.8 Å². The summed E-state index contributed by atoms with van der Waals surface area (Å²) >= 11 is 0. The van der Waals surface area contributed by atoms with Gasteiger partial charge >= 0.3 is 11.9 Å². The van der Waals surface area contributed by atoms with Crippen molar-refractivity contribution in [3.63, 3.8) is 0 Å². The van der Waals surface area contributed by atoms with Crippen LogP contribution in [-0.4, -0.2) is 94.8 Å². The number of benzene rings is 1. The van der Waals surface area contributed by atoms with Gasteiger partial charge in [0.05, 0.1) is 24.7 Å². The molecule has 0 saturated carbocycles. The van der Waals surface area contributed by atoms with E-state index in [2.05, 4.69) is 40.0 Å². The first-order valence-electron chi connectivity index (χ1n) is 10.5. The van der Waals surface area contributed by atoms with Crippen LogP contribution in [0.3, 0.4) is 0 Å². The minimum Gasteiger partial charge on any atom is -0.497 e. The van der Waals surface area contributed by atoms with Crippen molar-refractivity contribution in [2.24, 2.45) is 11.8 Å². The van der Waals surface area contributed by atoms with E-state index in [-0.39, 0.29) is 0 Å². The molecule has 10 nitrogen and oxygen atoms in total. The average molecular weight is 459 g/mol. The van der Waals surface area contributed by atoms with Crippen LogP contribution in [-0.2, 0) is 9.59 Å². The molecule has 0 aliphatic carbocycles. The van der Waals surface area contributed by atoms with E-state index in [1.165, 1.54) is 18.8 Å². The van der Waals surface area contributed by atoms with E-state index in [9.17, 15) is 9.59 Å². The number of carboxylic acid groups (broad SMARTS) is 2. The van der Waals surface area contributed by atoms with Crippen LogP contribution < -0.4 is 9.64 Å². The summed E-state index contributed by atoms with van der Waals surface area (Å²) in [5.41, 5.74) is 3.33. The summed E-state index contributed by atoms with van der Waals surface area (Å²) in [5, 5.41) is 32.5. The number of fused-ring (bicyclic) bond motifs is 1. The zero-order valence-electron chi connectivity index (χ0n) is 18.5. The molecule has 3 heterocycles. The number of hydrogen-bond donors (Lipinski definition) is 4. The number of ether oxygens (including phenoxy) is 1. The molecule has 4 N–H and O–H groups in total. The van der Waals surface area contributed by atoms with Crippen LogP contribution in [0, 0.1) is 11.8 Å². The number of pyridine rings is 1. The van der Waals surface area contributed by atoms with Gasteiger partial charge in [0, 0.05) is 31.7 Å². The maximum Gasteiger partial charge on any atom is 0.335 e. The van der Waals surface area contributed by atoms with Gasteiger partial charge in [0.1, 0.15) is 5.75 Å². The quantitative estimate of drug-likeness (QED) is 0.486. The van der Waals surface area contributed by atoms with E-state index in [4.69, 9.17) is 25.2 Å². The van der Waals surface area contributed by atoms with Gasteiger partial charge in [0.15, 0.2) is 12.2 Å². The van der Waals surface area contributed by atoms with Crippen LogP contribution in [0.4, 0.5) is 5.69 Å². The molecule has 2 aliphatic rings. The molecule has 10 heteroatoms. The summed E-state index contributed by atoms with van der Waals surface area (Å²) in [7, 11) is 3.92. The molecule has 33 heavy (non-hydrogen) atoms. The number of methoxy groups -OCH3 is 1. The lowest BCUT2D eigenvalue weighted by atomic mass is 10.0. The predicted molar refractivity (Wildman–Crippen MR) is 120 cm³/mol. The van der Waals surface area contributed by atoms with Gasteiger partial charge in [-0.2, -0.15) is 0 Å². The second kappa shape index (κ2) is 10.6. The molecule has 2 unspecified atom stereocenters. The second-order valence-corrected chi connectivity index (χ2v) is 8.35. The first-order chi connectivity index (χ1) is 15.7. The fraction of sp³-hybridized carbons (Fsp3) is 0.435. The van der Waals surface area contributed by atoms with E-state index in [1.54, 1.807) is 7.11 Å². The van der Waals surface area contributed by atoms with Crippen molar-refractivity contribution in [2.45, 2.75) is 12.2 Å². The van der Waals surface area contributed by atoms with Crippen molar-refractivity contribution in [1.29, 1.82) is 0 Å². The number of carbonyl (C=O) groups is 2. The Balaban J connectivity index is 0.000000262. The number of nitrogens with zero attached hydrogens (tertiary/aromatic N) is 3. The smallest absolute Gasteiger partial charge is 0.335 e. The maximum absolute atomic E-state index is 9.77. The summed E-state index contributed by atoms with van der Waals surface area (Å²) in [5.74, 6) is -1.04. The molecule has 0 amide bonds. The molecule has 178 valence electrons. The normalized spacial score (nSPS) is 21.5. The summed E-state index contributed by atoms with van der Waals surface area (Å²) in [6.07, 6.45) is -2.52. The molecule has 2 aliphatic heterocycles. The third-order valence-electron chi connectivity index (χ3n) is 5.95. The van der Waals surface area contributed by atoms with Crippen molar-refractivity contribution in [3.05, 3.63) is 42.6 Å². The van der Waals surface area contributed by atoms with E-state index in [0.29, 0.717) is 0 Å². The second-order valence-electron chi connectivity index (χ2n) is 8.35. The lowest BCUT2D eigenvalue weighted by Gasteiger charge is -2.21. The summed E-state index contributed by atoms with van der Waals surface area (Å²) in [6.45, 7) is 4.79. The van der Waals surface area contributed by atoms with E-state index in [0.717, 1.165) is 41.9 Å².